The van der Waals surface area contributed by atoms with E-state index in [1.807, 2.05) is 47.9 Å². The van der Waals surface area contributed by atoms with E-state index in [1.54, 1.807) is 12.3 Å². The number of nitrogens with zero attached hydrogens (tertiary/aromatic N) is 2. The molecule has 0 bridgehead atoms. The van der Waals surface area contributed by atoms with Crippen molar-refractivity contribution in [3.63, 3.8) is 0 Å². The molecule has 1 aromatic carbocycles. The normalized spacial score (nSPS) is 10.8. The number of para-hydroxylation sites is 1. The number of carbonyl (C=O) groups excluding carboxylic acids is 1. The minimum absolute atomic E-state index is 0.0844. The van der Waals surface area contributed by atoms with E-state index in [2.05, 4.69) is 10.3 Å². The smallest absolute Gasteiger partial charge is 0.230 e. The lowest BCUT2D eigenvalue weighted by Gasteiger charge is -2.06. The highest BCUT2D eigenvalue weighted by Crippen LogP contribution is 2.15. The number of amides is 1. The van der Waals surface area contributed by atoms with Gasteiger partial charge in [-0.25, -0.2) is 4.98 Å². The van der Waals surface area contributed by atoms with Crippen LogP contribution in [0.5, 0.6) is 0 Å². The van der Waals surface area contributed by atoms with Gasteiger partial charge >= 0.3 is 0 Å². The van der Waals surface area contributed by atoms with Crippen LogP contribution in [0.2, 0.25) is 5.02 Å². The Hall–Kier alpha value is -2.33. The highest BCUT2D eigenvalue weighted by atomic mass is 35.5. The molecule has 0 saturated carbocycles. The van der Waals surface area contributed by atoms with Gasteiger partial charge in [-0.05, 0) is 30.7 Å². The molecule has 0 atom stereocenters. The molecule has 3 rings (SSSR count). The molecular weight excluding hydrogens is 286 g/mol. The molecule has 4 nitrogen and oxygen atoms in total. The molecule has 5 heteroatoms. The van der Waals surface area contributed by atoms with E-state index in [-0.39, 0.29) is 12.3 Å². The fraction of sp³-hybridized carbons (Fsp3) is 0.125. The van der Waals surface area contributed by atoms with Gasteiger partial charge in [-0.3, -0.25) is 4.79 Å². The van der Waals surface area contributed by atoms with Gasteiger partial charge in [-0.1, -0.05) is 29.8 Å². The number of benzene rings is 1. The van der Waals surface area contributed by atoms with E-state index in [0.29, 0.717) is 10.7 Å². The van der Waals surface area contributed by atoms with Crippen LogP contribution in [-0.4, -0.2) is 15.3 Å². The lowest BCUT2D eigenvalue weighted by Crippen LogP contribution is -2.15. The Bertz CT molecular complexity index is 810. The third-order valence-corrected chi connectivity index (χ3v) is 3.45. The topological polar surface area (TPSA) is 46.4 Å². The second kappa shape index (κ2) is 5.58. The van der Waals surface area contributed by atoms with Crippen LogP contribution in [0.15, 0.2) is 48.8 Å². The van der Waals surface area contributed by atoms with Crippen molar-refractivity contribution in [1.29, 1.82) is 0 Å². The van der Waals surface area contributed by atoms with Crippen molar-refractivity contribution in [2.75, 3.05) is 5.32 Å². The molecule has 1 N–H and O–H groups in total. The van der Waals surface area contributed by atoms with E-state index in [0.717, 1.165) is 16.9 Å². The van der Waals surface area contributed by atoms with Crippen LogP contribution in [0.1, 0.15) is 11.3 Å². The summed E-state index contributed by atoms with van der Waals surface area (Å²) in [6.07, 6.45) is 3.82. The monoisotopic (exact) mass is 299 g/mol. The molecule has 3 aromatic rings. The van der Waals surface area contributed by atoms with Crippen molar-refractivity contribution in [2.45, 2.75) is 13.3 Å². The summed E-state index contributed by atoms with van der Waals surface area (Å²) in [6, 6.07) is 11.3. The van der Waals surface area contributed by atoms with Crippen molar-refractivity contribution < 1.29 is 4.79 Å². The molecule has 106 valence electrons. The summed E-state index contributed by atoms with van der Waals surface area (Å²) in [4.78, 5) is 16.5. The fourth-order valence-electron chi connectivity index (χ4n) is 2.17. The lowest BCUT2D eigenvalue weighted by atomic mass is 10.2. The molecule has 2 heterocycles. The number of hydrogen-bond acceptors (Lipinski definition) is 2. The third kappa shape index (κ3) is 3.06. The largest absolute Gasteiger partial charge is 0.326 e. The van der Waals surface area contributed by atoms with Gasteiger partial charge in [-0.2, -0.15) is 0 Å². The molecule has 0 fully saturated rings. The quantitative estimate of drug-likeness (QED) is 0.805. The van der Waals surface area contributed by atoms with E-state index < -0.39 is 0 Å². The molecule has 0 spiro atoms. The molecule has 0 aliphatic heterocycles. The summed E-state index contributed by atoms with van der Waals surface area (Å²) < 4.78 is 1.82. The Morgan fingerprint density at radius 1 is 1.24 bits per heavy atom. The van der Waals surface area contributed by atoms with Gasteiger partial charge in [0.15, 0.2) is 0 Å². The molecule has 0 aliphatic carbocycles. The standard InChI is InChI=1S/C16H14ClN3O/c1-11-4-2-3-5-14(11)19-16(21)8-13-10-20-9-12(17)6-7-15(20)18-13/h2-7,9-10H,8H2,1H3,(H,19,21). The first-order valence-electron chi connectivity index (χ1n) is 6.60. The molecule has 0 aliphatic rings. The zero-order valence-electron chi connectivity index (χ0n) is 11.5. The summed E-state index contributed by atoms with van der Waals surface area (Å²) in [5.41, 5.74) is 3.35. The molecule has 0 unspecified atom stereocenters. The lowest BCUT2D eigenvalue weighted by molar-refractivity contribution is -0.115. The maximum absolute atomic E-state index is 12.1. The highest BCUT2D eigenvalue weighted by molar-refractivity contribution is 6.30. The molecule has 1 amide bonds. The first-order chi connectivity index (χ1) is 10.1. The fourth-order valence-corrected chi connectivity index (χ4v) is 2.34. The van der Waals surface area contributed by atoms with Crippen LogP contribution in [0.25, 0.3) is 5.65 Å². The zero-order valence-corrected chi connectivity index (χ0v) is 12.3. The van der Waals surface area contributed by atoms with Crippen molar-refractivity contribution in [3.8, 4) is 0 Å². The number of nitrogens with one attached hydrogen (secondary N) is 1. The summed E-state index contributed by atoms with van der Waals surface area (Å²) in [6.45, 7) is 1.96. The third-order valence-electron chi connectivity index (χ3n) is 3.23. The van der Waals surface area contributed by atoms with Crippen molar-refractivity contribution in [2.24, 2.45) is 0 Å². The van der Waals surface area contributed by atoms with Crippen LogP contribution < -0.4 is 5.32 Å². The number of hydrogen-bond donors (Lipinski definition) is 1. The summed E-state index contributed by atoms with van der Waals surface area (Å²) in [7, 11) is 0. The SMILES string of the molecule is Cc1ccccc1NC(=O)Cc1cn2cc(Cl)ccc2n1. The Labute approximate surface area is 127 Å². The van der Waals surface area contributed by atoms with Crippen LogP contribution in [-0.2, 0) is 11.2 Å². The number of fused-ring (bicyclic) bond motifs is 1. The first kappa shape index (κ1) is 13.6. The summed E-state index contributed by atoms with van der Waals surface area (Å²) in [5.74, 6) is -0.0844. The number of anilines is 1. The van der Waals surface area contributed by atoms with Crippen molar-refractivity contribution >= 4 is 28.8 Å². The number of pyridine rings is 1. The molecule has 2 aromatic heterocycles. The van der Waals surface area contributed by atoms with E-state index in [9.17, 15) is 4.79 Å². The minimum Gasteiger partial charge on any atom is -0.326 e. The summed E-state index contributed by atoms with van der Waals surface area (Å²) in [5, 5.41) is 3.54. The van der Waals surface area contributed by atoms with Crippen LogP contribution in [0.3, 0.4) is 0 Å². The second-order valence-electron chi connectivity index (χ2n) is 4.88. The van der Waals surface area contributed by atoms with Crippen LogP contribution in [0.4, 0.5) is 5.69 Å². The minimum atomic E-state index is -0.0844. The number of rotatable bonds is 3. The maximum Gasteiger partial charge on any atom is 0.230 e. The van der Waals surface area contributed by atoms with Crippen LogP contribution in [0, 0.1) is 6.92 Å². The van der Waals surface area contributed by atoms with Gasteiger partial charge in [0.1, 0.15) is 5.65 Å². The maximum atomic E-state index is 12.1. The number of aromatic nitrogens is 2. The van der Waals surface area contributed by atoms with Crippen molar-refractivity contribution in [3.05, 3.63) is 65.1 Å². The van der Waals surface area contributed by atoms with E-state index in [1.165, 1.54) is 0 Å². The molecule has 21 heavy (non-hydrogen) atoms. The Kier molecular flexibility index (Phi) is 3.62. The Morgan fingerprint density at radius 3 is 2.86 bits per heavy atom. The molecule has 0 radical (unpaired) electrons. The number of carbonyl (C=O) groups is 1. The molecular formula is C16H14ClN3O. The predicted octanol–water partition coefficient (Wildman–Crippen LogP) is 3.48. The highest BCUT2D eigenvalue weighted by Gasteiger charge is 2.09. The number of imidazole rings is 1. The first-order valence-corrected chi connectivity index (χ1v) is 6.98. The average Bonchev–Trinajstić information content (AvgIpc) is 2.82. The zero-order chi connectivity index (χ0) is 14.8. The molecule has 0 saturated heterocycles. The van der Waals surface area contributed by atoms with Crippen molar-refractivity contribution in [1.82, 2.24) is 9.38 Å². The Morgan fingerprint density at radius 2 is 2.05 bits per heavy atom. The summed E-state index contributed by atoms with van der Waals surface area (Å²) >= 11 is 5.93. The van der Waals surface area contributed by atoms with Gasteiger partial charge in [0.25, 0.3) is 0 Å². The van der Waals surface area contributed by atoms with Gasteiger partial charge in [0, 0.05) is 18.1 Å². The average molecular weight is 300 g/mol. The van der Waals surface area contributed by atoms with Gasteiger partial charge in [-0.15, -0.1) is 0 Å². The van der Waals surface area contributed by atoms with Crippen LogP contribution >= 0.6 is 11.6 Å². The Balaban J connectivity index is 1.75. The number of aryl methyl sites for hydroxylation is 1. The second-order valence-corrected chi connectivity index (χ2v) is 5.32. The number of halogens is 1. The van der Waals surface area contributed by atoms with E-state index in [4.69, 9.17) is 11.6 Å². The van der Waals surface area contributed by atoms with Gasteiger partial charge < -0.3 is 9.72 Å². The predicted molar refractivity (Wildman–Crippen MR) is 83.7 cm³/mol. The van der Waals surface area contributed by atoms with Gasteiger partial charge in [0.05, 0.1) is 17.1 Å². The van der Waals surface area contributed by atoms with Gasteiger partial charge in [0.2, 0.25) is 5.91 Å². The van der Waals surface area contributed by atoms with E-state index >= 15 is 0 Å².